The van der Waals surface area contributed by atoms with Gasteiger partial charge in [-0.25, -0.2) is 19.9 Å². The van der Waals surface area contributed by atoms with E-state index in [9.17, 15) is 0 Å². The van der Waals surface area contributed by atoms with Gasteiger partial charge in [-0.2, -0.15) is 11.3 Å². The van der Waals surface area contributed by atoms with Crippen LogP contribution in [0, 0.1) is 0 Å². The van der Waals surface area contributed by atoms with Crippen molar-refractivity contribution in [3.8, 4) is 17.2 Å². The predicted octanol–water partition coefficient (Wildman–Crippen LogP) is 4.55. The summed E-state index contributed by atoms with van der Waals surface area (Å²) in [7, 11) is 0. The molecular formula is C21H16N6S. The molecule has 1 aromatic carbocycles. The zero-order chi connectivity index (χ0) is 18.8. The summed E-state index contributed by atoms with van der Waals surface area (Å²) in [5.74, 6) is 2.40. The van der Waals surface area contributed by atoms with Gasteiger partial charge in [0, 0.05) is 41.5 Å². The molecule has 4 heterocycles. The average Bonchev–Trinajstić information content (AvgIpc) is 3.46. The number of aromatic nitrogens is 5. The number of anilines is 1. The Morgan fingerprint density at radius 3 is 2.79 bits per heavy atom. The number of thiophene rings is 1. The topological polar surface area (TPSA) is 68.5 Å². The van der Waals surface area contributed by atoms with E-state index in [1.165, 1.54) is 0 Å². The van der Waals surface area contributed by atoms with Gasteiger partial charge in [0.1, 0.15) is 18.0 Å². The van der Waals surface area contributed by atoms with Crippen LogP contribution in [0.1, 0.15) is 5.56 Å². The number of rotatable bonds is 5. The summed E-state index contributed by atoms with van der Waals surface area (Å²) in [6, 6.07) is 14.1. The van der Waals surface area contributed by atoms with Crippen LogP contribution in [0.5, 0.6) is 0 Å². The molecule has 0 spiro atoms. The first-order chi connectivity index (χ1) is 13.9. The molecule has 0 saturated heterocycles. The van der Waals surface area contributed by atoms with Crippen LogP contribution in [0.2, 0.25) is 0 Å². The lowest BCUT2D eigenvalue weighted by atomic mass is 10.2. The zero-order valence-electron chi connectivity index (χ0n) is 14.9. The van der Waals surface area contributed by atoms with Crippen molar-refractivity contribution in [1.29, 1.82) is 0 Å². The van der Waals surface area contributed by atoms with E-state index in [-0.39, 0.29) is 0 Å². The van der Waals surface area contributed by atoms with E-state index < -0.39 is 0 Å². The highest BCUT2D eigenvalue weighted by Gasteiger charge is 2.09. The van der Waals surface area contributed by atoms with E-state index in [4.69, 9.17) is 9.97 Å². The maximum atomic E-state index is 4.77. The number of benzene rings is 1. The molecule has 0 radical (unpaired) electrons. The Bertz CT molecular complexity index is 1200. The van der Waals surface area contributed by atoms with Crippen LogP contribution >= 0.6 is 11.3 Å². The summed E-state index contributed by atoms with van der Waals surface area (Å²) in [6.07, 6.45) is 7.21. The standard InChI is InChI=1S/C21H16N6S/c1-2-4-18-17(3-1)21(26-20(25-18)16-7-10-28-13-16)24-12-15-5-6-19(23-11-15)27-9-8-22-14-27/h1-11,13-14H,12H2,(H,24,25,26). The molecule has 28 heavy (non-hydrogen) atoms. The molecule has 6 nitrogen and oxygen atoms in total. The Kier molecular flexibility index (Phi) is 4.27. The summed E-state index contributed by atoms with van der Waals surface area (Å²) in [6.45, 7) is 0.626. The van der Waals surface area contributed by atoms with Gasteiger partial charge in [-0.3, -0.25) is 4.57 Å². The van der Waals surface area contributed by atoms with E-state index in [2.05, 4.69) is 26.7 Å². The van der Waals surface area contributed by atoms with Crippen molar-refractivity contribution in [1.82, 2.24) is 24.5 Å². The van der Waals surface area contributed by atoms with Crippen LogP contribution in [0.15, 0.2) is 78.1 Å². The zero-order valence-corrected chi connectivity index (χ0v) is 15.7. The second kappa shape index (κ2) is 7.21. The normalized spacial score (nSPS) is 11.0. The second-order valence-corrected chi connectivity index (χ2v) is 7.05. The number of hydrogen-bond acceptors (Lipinski definition) is 6. The summed E-state index contributed by atoms with van der Waals surface area (Å²) in [4.78, 5) is 18.0. The first-order valence-electron chi connectivity index (χ1n) is 8.83. The summed E-state index contributed by atoms with van der Waals surface area (Å²) in [5.41, 5.74) is 3.03. The molecule has 5 rings (SSSR count). The van der Waals surface area contributed by atoms with Gasteiger partial charge in [0.2, 0.25) is 0 Å². The van der Waals surface area contributed by atoms with Gasteiger partial charge < -0.3 is 5.32 Å². The number of para-hydroxylation sites is 1. The minimum atomic E-state index is 0.626. The van der Waals surface area contributed by atoms with Gasteiger partial charge in [-0.1, -0.05) is 18.2 Å². The number of hydrogen-bond donors (Lipinski definition) is 1. The number of pyridine rings is 1. The maximum absolute atomic E-state index is 4.77. The molecule has 0 bridgehead atoms. The molecule has 0 atom stereocenters. The van der Waals surface area contributed by atoms with Crippen molar-refractivity contribution in [3.63, 3.8) is 0 Å². The molecule has 0 amide bonds. The van der Waals surface area contributed by atoms with Crippen molar-refractivity contribution in [2.75, 3.05) is 5.32 Å². The smallest absolute Gasteiger partial charge is 0.162 e. The predicted molar refractivity (Wildman–Crippen MR) is 112 cm³/mol. The third kappa shape index (κ3) is 3.23. The molecule has 0 fully saturated rings. The van der Waals surface area contributed by atoms with Crippen LogP contribution < -0.4 is 5.32 Å². The van der Waals surface area contributed by atoms with E-state index in [1.54, 1.807) is 23.9 Å². The van der Waals surface area contributed by atoms with Gasteiger partial charge in [0.15, 0.2) is 5.82 Å². The van der Waals surface area contributed by atoms with Gasteiger partial charge in [-0.05, 0) is 35.2 Å². The highest BCUT2D eigenvalue weighted by Crippen LogP contribution is 2.26. The molecule has 0 aliphatic heterocycles. The third-order valence-electron chi connectivity index (χ3n) is 4.42. The van der Waals surface area contributed by atoms with E-state index in [1.807, 2.05) is 58.7 Å². The molecule has 136 valence electrons. The molecule has 4 aromatic heterocycles. The Balaban J connectivity index is 1.43. The van der Waals surface area contributed by atoms with Gasteiger partial charge in [0.05, 0.1) is 5.52 Å². The average molecular weight is 384 g/mol. The Hall–Kier alpha value is -3.58. The maximum Gasteiger partial charge on any atom is 0.162 e. The Labute approximate surface area is 165 Å². The molecule has 0 aliphatic carbocycles. The van der Waals surface area contributed by atoms with Gasteiger partial charge in [-0.15, -0.1) is 0 Å². The van der Waals surface area contributed by atoms with Crippen molar-refractivity contribution in [3.05, 3.63) is 83.7 Å². The lowest BCUT2D eigenvalue weighted by molar-refractivity contribution is 0.977. The fourth-order valence-corrected chi connectivity index (χ4v) is 3.62. The molecule has 0 aliphatic rings. The van der Waals surface area contributed by atoms with Gasteiger partial charge >= 0.3 is 0 Å². The first-order valence-corrected chi connectivity index (χ1v) is 9.77. The van der Waals surface area contributed by atoms with Crippen LogP contribution in [-0.4, -0.2) is 24.5 Å². The van der Waals surface area contributed by atoms with Crippen LogP contribution in [-0.2, 0) is 6.54 Å². The second-order valence-electron chi connectivity index (χ2n) is 6.27. The van der Waals surface area contributed by atoms with Crippen LogP contribution in [0.3, 0.4) is 0 Å². The van der Waals surface area contributed by atoms with Crippen molar-refractivity contribution in [2.24, 2.45) is 0 Å². The fraction of sp³-hybridized carbons (Fsp3) is 0.0476. The minimum Gasteiger partial charge on any atom is -0.365 e. The highest BCUT2D eigenvalue weighted by molar-refractivity contribution is 7.08. The van der Waals surface area contributed by atoms with E-state index >= 15 is 0 Å². The summed E-state index contributed by atoms with van der Waals surface area (Å²) >= 11 is 1.64. The SMILES string of the molecule is c1ccc2c(NCc3ccc(-n4ccnc4)nc3)nc(-c3ccsc3)nc2c1. The molecular weight excluding hydrogens is 368 g/mol. The molecule has 5 aromatic rings. The van der Waals surface area contributed by atoms with Gasteiger partial charge in [0.25, 0.3) is 0 Å². The molecule has 1 N–H and O–H groups in total. The Morgan fingerprint density at radius 1 is 1.04 bits per heavy atom. The number of fused-ring (bicyclic) bond motifs is 1. The lowest BCUT2D eigenvalue weighted by Crippen LogP contribution is -2.05. The monoisotopic (exact) mass is 384 g/mol. The van der Waals surface area contributed by atoms with Crippen molar-refractivity contribution < 1.29 is 0 Å². The van der Waals surface area contributed by atoms with Crippen LogP contribution in [0.4, 0.5) is 5.82 Å². The van der Waals surface area contributed by atoms with E-state index in [0.717, 1.165) is 39.5 Å². The van der Waals surface area contributed by atoms with Crippen LogP contribution in [0.25, 0.3) is 28.1 Å². The minimum absolute atomic E-state index is 0.626. The largest absolute Gasteiger partial charge is 0.365 e. The number of imidazole rings is 1. The first kappa shape index (κ1) is 16.6. The third-order valence-corrected chi connectivity index (χ3v) is 5.10. The van der Waals surface area contributed by atoms with Crippen molar-refractivity contribution in [2.45, 2.75) is 6.54 Å². The molecule has 7 heteroatoms. The Morgan fingerprint density at radius 2 is 2.00 bits per heavy atom. The fourth-order valence-electron chi connectivity index (χ4n) is 2.99. The number of nitrogens with zero attached hydrogens (tertiary/aromatic N) is 5. The quantitative estimate of drug-likeness (QED) is 0.481. The molecule has 0 saturated carbocycles. The molecule has 0 unspecified atom stereocenters. The highest BCUT2D eigenvalue weighted by atomic mass is 32.1. The lowest BCUT2D eigenvalue weighted by Gasteiger charge is -2.11. The van der Waals surface area contributed by atoms with E-state index in [0.29, 0.717) is 6.54 Å². The number of nitrogens with one attached hydrogen (secondary N) is 1. The summed E-state index contributed by atoms with van der Waals surface area (Å²) < 4.78 is 1.88. The van der Waals surface area contributed by atoms with Crippen molar-refractivity contribution >= 4 is 28.1 Å². The summed E-state index contributed by atoms with van der Waals surface area (Å²) in [5, 5.41) is 8.56.